The zero-order chi connectivity index (χ0) is 17.0. The predicted molar refractivity (Wildman–Crippen MR) is 73.2 cm³/mol. The molecule has 1 aromatic rings. The maximum absolute atomic E-state index is 12.7. The van der Waals surface area contributed by atoms with Gasteiger partial charge >= 0.3 is 12.3 Å². The second-order valence-corrected chi connectivity index (χ2v) is 5.04. The lowest BCUT2D eigenvalue weighted by molar-refractivity contribution is -0.166. The number of nitrogens with zero attached hydrogens (tertiary/aromatic N) is 2. The third-order valence-electron chi connectivity index (χ3n) is 3.20. The van der Waals surface area contributed by atoms with Gasteiger partial charge in [-0.3, -0.25) is 4.79 Å². The number of pyridine rings is 1. The average Bonchev–Trinajstić information content (AvgIpc) is 2.50. The van der Waals surface area contributed by atoms with E-state index in [-0.39, 0.29) is 25.5 Å². The maximum atomic E-state index is 12.7. The van der Waals surface area contributed by atoms with Gasteiger partial charge in [-0.15, -0.1) is 0 Å². The van der Waals surface area contributed by atoms with Crippen molar-refractivity contribution in [2.45, 2.75) is 25.7 Å². The Morgan fingerprint density at radius 3 is 2.91 bits per heavy atom. The molecule has 2 heterocycles. The van der Waals surface area contributed by atoms with Crippen LogP contribution in [-0.4, -0.2) is 49.6 Å². The monoisotopic (exact) mass is 336 g/mol. The Hall–Kier alpha value is -1.90. The van der Waals surface area contributed by atoms with E-state index in [1.165, 1.54) is 4.90 Å². The third-order valence-corrected chi connectivity index (χ3v) is 3.20. The van der Waals surface area contributed by atoms with Gasteiger partial charge in [-0.25, -0.2) is 13.8 Å². The number of carbonyl (C=O) groups excluding carboxylic acids is 1. The summed E-state index contributed by atoms with van der Waals surface area (Å²) >= 11 is 0. The number of anilines is 1. The fraction of sp³-hybridized carbons (Fsp3) is 0.571. The summed E-state index contributed by atoms with van der Waals surface area (Å²) in [4.78, 5) is 17.7. The minimum Gasteiger partial charge on any atom is -0.474 e. The third kappa shape index (κ3) is 4.31. The molecule has 0 radical (unpaired) electrons. The first-order chi connectivity index (χ1) is 10.8. The Labute approximate surface area is 130 Å². The Kier molecular flexibility index (Phi) is 5.40. The van der Waals surface area contributed by atoms with E-state index in [4.69, 9.17) is 4.74 Å². The first-order valence-electron chi connectivity index (χ1n) is 6.96. The summed E-state index contributed by atoms with van der Waals surface area (Å²) < 4.78 is 59.1. The largest absolute Gasteiger partial charge is 0.474 e. The molecule has 0 aromatic carbocycles. The van der Waals surface area contributed by atoms with Crippen LogP contribution in [0.15, 0.2) is 12.1 Å². The standard InChI is InChI=1S/C14H16F4N2O3/c1-9-2-3-10-12(19-9)23-7-5-20(10)11(21)4-6-22-8-14(17,18)13(15)16/h2-3,13H,4-8H2,1H3. The van der Waals surface area contributed by atoms with Crippen molar-refractivity contribution >= 4 is 11.6 Å². The fourth-order valence-corrected chi connectivity index (χ4v) is 2.02. The zero-order valence-electron chi connectivity index (χ0n) is 12.4. The van der Waals surface area contributed by atoms with Gasteiger partial charge in [-0.05, 0) is 19.1 Å². The number of hydrogen-bond acceptors (Lipinski definition) is 4. The van der Waals surface area contributed by atoms with E-state index < -0.39 is 19.0 Å². The van der Waals surface area contributed by atoms with Crippen LogP contribution in [0, 0.1) is 6.92 Å². The maximum Gasteiger partial charge on any atom is 0.330 e. The second kappa shape index (κ2) is 7.12. The number of amides is 1. The Balaban J connectivity index is 1.88. The highest BCUT2D eigenvalue weighted by Crippen LogP contribution is 2.30. The molecule has 0 N–H and O–H groups in total. The van der Waals surface area contributed by atoms with Crippen molar-refractivity contribution in [3.8, 4) is 5.88 Å². The van der Waals surface area contributed by atoms with Crippen molar-refractivity contribution in [1.29, 1.82) is 0 Å². The number of rotatable bonds is 6. The van der Waals surface area contributed by atoms with Gasteiger partial charge in [0.15, 0.2) is 0 Å². The molecule has 1 aliphatic rings. The Bertz CT molecular complexity index is 569. The number of halogens is 4. The molecule has 1 aliphatic heterocycles. The smallest absolute Gasteiger partial charge is 0.330 e. The number of aromatic nitrogens is 1. The van der Waals surface area contributed by atoms with E-state index in [0.717, 1.165) is 5.69 Å². The number of hydrogen-bond donors (Lipinski definition) is 0. The highest BCUT2D eigenvalue weighted by Gasteiger charge is 2.41. The van der Waals surface area contributed by atoms with Crippen LogP contribution in [0.2, 0.25) is 0 Å². The molecular formula is C14H16F4N2O3. The van der Waals surface area contributed by atoms with Gasteiger partial charge in [0, 0.05) is 5.69 Å². The molecule has 0 aliphatic carbocycles. The summed E-state index contributed by atoms with van der Waals surface area (Å²) in [7, 11) is 0. The molecule has 0 bridgehead atoms. The number of fused-ring (bicyclic) bond motifs is 1. The zero-order valence-corrected chi connectivity index (χ0v) is 12.4. The van der Waals surface area contributed by atoms with E-state index in [1.54, 1.807) is 19.1 Å². The molecule has 23 heavy (non-hydrogen) atoms. The second-order valence-electron chi connectivity index (χ2n) is 5.04. The Morgan fingerprint density at radius 2 is 2.22 bits per heavy atom. The first-order valence-corrected chi connectivity index (χ1v) is 6.96. The molecule has 0 saturated carbocycles. The highest BCUT2D eigenvalue weighted by molar-refractivity contribution is 5.95. The molecule has 128 valence electrons. The van der Waals surface area contributed by atoms with Crippen LogP contribution in [0.3, 0.4) is 0 Å². The molecule has 9 heteroatoms. The number of carbonyl (C=O) groups is 1. The molecule has 1 amide bonds. The van der Waals surface area contributed by atoms with Gasteiger partial charge < -0.3 is 14.4 Å². The summed E-state index contributed by atoms with van der Waals surface area (Å²) in [6, 6.07) is 3.40. The average molecular weight is 336 g/mol. The molecule has 0 spiro atoms. The number of alkyl halides is 4. The molecule has 0 atom stereocenters. The summed E-state index contributed by atoms with van der Waals surface area (Å²) in [5.74, 6) is -4.26. The van der Waals surface area contributed by atoms with E-state index in [9.17, 15) is 22.4 Å². The van der Waals surface area contributed by atoms with E-state index in [1.807, 2.05) is 0 Å². The van der Waals surface area contributed by atoms with Crippen LogP contribution >= 0.6 is 0 Å². The minimum absolute atomic E-state index is 0.202. The molecule has 2 rings (SSSR count). The lowest BCUT2D eigenvalue weighted by Crippen LogP contribution is -2.39. The van der Waals surface area contributed by atoms with Crippen molar-refractivity contribution in [1.82, 2.24) is 4.98 Å². The molecule has 0 fully saturated rings. The lowest BCUT2D eigenvalue weighted by atomic mass is 10.2. The summed E-state index contributed by atoms with van der Waals surface area (Å²) in [6.45, 7) is 0.552. The quantitative estimate of drug-likeness (QED) is 0.591. The summed E-state index contributed by atoms with van der Waals surface area (Å²) in [5, 5.41) is 0. The van der Waals surface area contributed by atoms with E-state index >= 15 is 0 Å². The minimum atomic E-state index is -4.21. The highest BCUT2D eigenvalue weighted by atomic mass is 19.3. The van der Waals surface area contributed by atoms with Crippen molar-refractivity contribution < 1.29 is 31.8 Å². The normalized spacial score (nSPS) is 14.6. The van der Waals surface area contributed by atoms with Crippen LogP contribution < -0.4 is 9.64 Å². The first kappa shape index (κ1) is 17.5. The number of ether oxygens (including phenoxy) is 2. The summed E-state index contributed by atoms with van der Waals surface area (Å²) in [6.07, 6.45) is -3.99. The molecular weight excluding hydrogens is 320 g/mol. The number of aryl methyl sites for hydroxylation is 1. The van der Waals surface area contributed by atoms with Gasteiger partial charge in [0.1, 0.15) is 18.9 Å². The molecule has 5 nitrogen and oxygen atoms in total. The van der Waals surface area contributed by atoms with Crippen molar-refractivity contribution in [3.63, 3.8) is 0 Å². The fourth-order valence-electron chi connectivity index (χ4n) is 2.02. The topological polar surface area (TPSA) is 51.7 Å². The molecule has 0 saturated heterocycles. The van der Waals surface area contributed by atoms with Crippen molar-refractivity contribution in [2.75, 3.05) is 31.3 Å². The van der Waals surface area contributed by atoms with Crippen LogP contribution in [0.1, 0.15) is 12.1 Å². The Morgan fingerprint density at radius 1 is 1.48 bits per heavy atom. The van der Waals surface area contributed by atoms with E-state index in [2.05, 4.69) is 9.72 Å². The predicted octanol–water partition coefficient (Wildman–Crippen LogP) is 2.42. The molecule has 1 aromatic heterocycles. The van der Waals surface area contributed by atoms with Gasteiger partial charge in [-0.2, -0.15) is 8.78 Å². The van der Waals surface area contributed by atoms with Gasteiger partial charge in [0.05, 0.1) is 19.6 Å². The van der Waals surface area contributed by atoms with Gasteiger partial charge in [0.2, 0.25) is 11.8 Å². The van der Waals surface area contributed by atoms with Crippen LogP contribution in [0.25, 0.3) is 0 Å². The van der Waals surface area contributed by atoms with Gasteiger partial charge in [-0.1, -0.05) is 0 Å². The van der Waals surface area contributed by atoms with Gasteiger partial charge in [0.25, 0.3) is 0 Å². The summed E-state index contributed by atoms with van der Waals surface area (Å²) in [5.41, 5.74) is 1.22. The lowest BCUT2D eigenvalue weighted by Gasteiger charge is -2.29. The molecule has 0 unspecified atom stereocenters. The van der Waals surface area contributed by atoms with E-state index in [0.29, 0.717) is 18.1 Å². The van der Waals surface area contributed by atoms with Crippen molar-refractivity contribution in [2.24, 2.45) is 0 Å². The van der Waals surface area contributed by atoms with Crippen LogP contribution in [0.5, 0.6) is 5.88 Å². The SMILES string of the molecule is Cc1ccc2c(n1)OCCN2C(=O)CCOCC(F)(F)C(F)F. The van der Waals surface area contributed by atoms with Crippen LogP contribution in [0.4, 0.5) is 23.2 Å². The van der Waals surface area contributed by atoms with Crippen LogP contribution in [-0.2, 0) is 9.53 Å². The van der Waals surface area contributed by atoms with Crippen molar-refractivity contribution in [3.05, 3.63) is 17.8 Å².